The summed E-state index contributed by atoms with van der Waals surface area (Å²) in [6, 6.07) is 0. The summed E-state index contributed by atoms with van der Waals surface area (Å²) in [4.78, 5) is 21.6. The molecule has 7 heavy (non-hydrogen) atoms. The largest absolute Gasteiger partial charge is 2.00 e. The first kappa shape index (κ1) is 15.8. The van der Waals surface area contributed by atoms with Gasteiger partial charge in [-0.2, -0.15) is 0 Å². The van der Waals surface area contributed by atoms with Gasteiger partial charge in [0.1, 0.15) is 0 Å². The number of hydrogen-bond acceptors (Lipinski definition) is 1. The third-order valence-electron chi connectivity index (χ3n) is 0. The second-order valence-electron chi connectivity index (χ2n) is 0.513. The van der Waals surface area contributed by atoms with Crippen LogP contribution in [0.3, 0.4) is 0 Å². The summed E-state index contributed by atoms with van der Waals surface area (Å²) >= 11 is 0. The Morgan fingerprint density at radius 3 is 1.29 bits per heavy atom. The van der Waals surface area contributed by atoms with Crippen molar-refractivity contribution in [3.63, 3.8) is 0 Å². The van der Waals surface area contributed by atoms with Crippen molar-refractivity contribution >= 4 is 30.9 Å². The molecule has 1 radical (unpaired) electrons. The molecule has 0 fully saturated rings. The monoisotopic (exact) mass is 183 g/mol. The maximum atomic E-state index is 8.88. The zero-order valence-corrected chi connectivity index (χ0v) is 6.59. The van der Waals surface area contributed by atoms with Crippen LogP contribution in [0.2, 0.25) is 0 Å². The predicted octanol–water partition coefficient (Wildman–Crippen LogP) is -1.09. The molecular weight excluding hydrogens is 178 g/mol. The molecule has 4 nitrogen and oxygen atoms in total. The summed E-state index contributed by atoms with van der Waals surface area (Å²) in [5.41, 5.74) is 0. The summed E-state index contributed by atoms with van der Waals surface area (Å²) in [6.07, 6.45) is 0. The fraction of sp³-hybridized carbons (Fsp3) is 0. The molecule has 0 saturated carbocycles. The predicted molar refractivity (Wildman–Crippen MR) is 22.2 cm³/mol. The third kappa shape index (κ3) is 112. The molecule has 0 saturated heterocycles. The van der Waals surface area contributed by atoms with Gasteiger partial charge in [0.2, 0.25) is 0 Å². The molecule has 0 heterocycles. The van der Waals surface area contributed by atoms with Crippen molar-refractivity contribution in [3.8, 4) is 0 Å². The molecule has 0 unspecified atom stereocenters. The maximum Gasteiger partial charge on any atom is 2.00 e. The van der Waals surface area contributed by atoms with Gasteiger partial charge < -0.3 is 17.5 Å². The van der Waals surface area contributed by atoms with Gasteiger partial charge in [-0.15, -0.1) is 0 Å². The normalized spacial score (nSPS) is 8.43. The Hall–Kier alpha value is 1.38. The third-order valence-corrected chi connectivity index (χ3v) is 0. The van der Waals surface area contributed by atoms with Crippen molar-refractivity contribution in [1.82, 2.24) is 0 Å². The average Bonchev–Trinajstić information content (AvgIpc) is 0.722. The zero-order chi connectivity index (χ0) is 4.50. The molecular formula is H5CoMgO4P. The molecule has 0 rings (SSSR count). The Labute approximate surface area is 69.9 Å². The zero-order valence-electron chi connectivity index (χ0n) is 5.24. The maximum absolute atomic E-state index is 8.88. The van der Waals surface area contributed by atoms with E-state index in [1.54, 1.807) is 0 Å². The van der Waals surface area contributed by atoms with Gasteiger partial charge in [0.25, 0.3) is 0 Å². The van der Waals surface area contributed by atoms with Crippen LogP contribution < -0.4 is 0 Å². The van der Waals surface area contributed by atoms with Crippen LogP contribution in [0.15, 0.2) is 0 Å². The molecule has 0 atom stereocenters. The molecule has 0 aliphatic carbocycles. The minimum atomic E-state index is -4.64. The van der Waals surface area contributed by atoms with Crippen LogP contribution in [0, 0.1) is 0 Å². The molecule has 7 heteroatoms. The van der Waals surface area contributed by atoms with Crippen LogP contribution in [0.1, 0.15) is 2.85 Å². The van der Waals surface area contributed by atoms with Crippen LogP contribution in [0.5, 0.6) is 0 Å². The van der Waals surface area contributed by atoms with Gasteiger partial charge >= 0.3 is 30.9 Å². The van der Waals surface area contributed by atoms with Crippen LogP contribution in [0.25, 0.3) is 0 Å². The van der Waals surface area contributed by atoms with Gasteiger partial charge in [0, 0.05) is 16.8 Å². The minimum Gasteiger partial charge on any atom is -1.00 e. The fourth-order valence-corrected chi connectivity index (χ4v) is 0. The van der Waals surface area contributed by atoms with Crippen molar-refractivity contribution in [2.24, 2.45) is 0 Å². The first-order chi connectivity index (χ1) is 2.00. The van der Waals surface area contributed by atoms with Gasteiger partial charge in [0.05, 0.1) is 0 Å². The van der Waals surface area contributed by atoms with Crippen LogP contribution >= 0.6 is 7.82 Å². The molecule has 0 bridgehead atoms. The quantitative estimate of drug-likeness (QED) is 0.329. The second kappa shape index (κ2) is 5.52. The van der Waals surface area contributed by atoms with Gasteiger partial charge in [-0.05, 0) is 0 Å². The SMILES string of the molecule is O=P(O)(O)O.[Co].[H-].[H-].[Mg+2]. The first-order valence-electron chi connectivity index (χ1n) is 0.783. The van der Waals surface area contributed by atoms with Crippen LogP contribution in [0.4, 0.5) is 0 Å². The van der Waals surface area contributed by atoms with Gasteiger partial charge in [-0.25, -0.2) is 4.57 Å². The molecule has 0 aromatic heterocycles. The van der Waals surface area contributed by atoms with E-state index in [2.05, 4.69) is 0 Å². The average molecular weight is 183 g/mol. The van der Waals surface area contributed by atoms with E-state index in [9.17, 15) is 0 Å². The summed E-state index contributed by atoms with van der Waals surface area (Å²) in [6.45, 7) is 0. The fourth-order valence-electron chi connectivity index (χ4n) is 0. The Balaban J connectivity index is -0.0000000133. The molecule has 45 valence electrons. The topological polar surface area (TPSA) is 77.8 Å². The first-order valence-corrected chi connectivity index (χ1v) is 2.35. The van der Waals surface area contributed by atoms with Crippen molar-refractivity contribution in [2.75, 3.05) is 0 Å². The Morgan fingerprint density at radius 1 is 1.29 bits per heavy atom. The van der Waals surface area contributed by atoms with E-state index in [1.165, 1.54) is 0 Å². The minimum absolute atomic E-state index is 0. The molecule has 3 N–H and O–H groups in total. The van der Waals surface area contributed by atoms with Gasteiger partial charge in [-0.3, -0.25) is 0 Å². The molecule has 0 amide bonds. The summed E-state index contributed by atoms with van der Waals surface area (Å²) in [5.74, 6) is 0. The number of rotatable bonds is 0. The summed E-state index contributed by atoms with van der Waals surface area (Å²) in [5, 5.41) is 0. The Morgan fingerprint density at radius 2 is 1.29 bits per heavy atom. The molecule has 0 aliphatic heterocycles. The van der Waals surface area contributed by atoms with E-state index < -0.39 is 7.82 Å². The van der Waals surface area contributed by atoms with E-state index in [1.807, 2.05) is 0 Å². The van der Waals surface area contributed by atoms with Crippen molar-refractivity contribution in [1.29, 1.82) is 0 Å². The van der Waals surface area contributed by atoms with E-state index in [0.717, 1.165) is 0 Å². The van der Waals surface area contributed by atoms with E-state index in [4.69, 9.17) is 19.2 Å². The van der Waals surface area contributed by atoms with E-state index >= 15 is 0 Å². The Kier molecular flexibility index (Phi) is 12.4. The van der Waals surface area contributed by atoms with Crippen molar-refractivity contribution in [2.45, 2.75) is 0 Å². The molecule has 0 aromatic rings. The molecule has 0 aliphatic rings. The van der Waals surface area contributed by atoms with Crippen LogP contribution in [-0.4, -0.2) is 37.7 Å². The summed E-state index contributed by atoms with van der Waals surface area (Å²) < 4.78 is 8.88. The number of phosphoric acid groups is 1. The summed E-state index contributed by atoms with van der Waals surface area (Å²) in [7, 11) is -4.64. The molecule has 0 aromatic carbocycles. The molecule has 0 spiro atoms. The van der Waals surface area contributed by atoms with Crippen LogP contribution in [-0.2, 0) is 21.3 Å². The van der Waals surface area contributed by atoms with Gasteiger partial charge in [0.15, 0.2) is 0 Å². The van der Waals surface area contributed by atoms with E-state index in [0.29, 0.717) is 0 Å². The van der Waals surface area contributed by atoms with E-state index in [-0.39, 0.29) is 42.7 Å². The second-order valence-corrected chi connectivity index (χ2v) is 1.54. The van der Waals surface area contributed by atoms with Gasteiger partial charge in [-0.1, -0.05) is 0 Å². The standard InChI is InChI=1S/Co.Mg.H3O4P.2H/c;;1-5(2,3)4;;/h;;(H3,1,2,3,4);;/q;+2;;2*-1. The number of hydrogen-bond donors (Lipinski definition) is 3. The van der Waals surface area contributed by atoms with Crippen molar-refractivity contribution < 1.29 is 38.9 Å². The smallest absolute Gasteiger partial charge is 1.00 e. The Bertz CT molecular complexity index is 64.7. The van der Waals surface area contributed by atoms with Crippen molar-refractivity contribution in [3.05, 3.63) is 0 Å².